The third-order valence-corrected chi connectivity index (χ3v) is 5.56. The van der Waals surface area contributed by atoms with Crippen molar-refractivity contribution in [2.24, 2.45) is 0 Å². The van der Waals surface area contributed by atoms with Crippen LogP contribution in [0.5, 0.6) is 0 Å². The van der Waals surface area contributed by atoms with E-state index in [0.29, 0.717) is 36.1 Å². The van der Waals surface area contributed by atoms with E-state index in [9.17, 15) is 14.4 Å². The lowest BCUT2D eigenvalue weighted by molar-refractivity contribution is -0.136. The Hall–Kier alpha value is -3.48. The number of nitrogens with zero attached hydrogens (tertiary/aromatic N) is 2. The number of hydrogen-bond donors (Lipinski definition) is 2. The molecule has 0 spiro atoms. The first-order valence-electron chi connectivity index (χ1n) is 10.7. The van der Waals surface area contributed by atoms with E-state index in [1.165, 1.54) is 0 Å². The van der Waals surface area contributed by atoms with Crippen molar-refractivity contribution in [1.82, 2.24) is 14.9 Å². The third kappa shape index (κ3) is 4.82. The van der Waals surface area contributed by atoms with Crippen molar-refractivity contribution in [2.45, 2.75) is 45.6 Å². The number of anilines is 1. The zero-order chi connectivity index (χ0) is 21.8. The normalized spacial score (nSPS) is 13.3. The highest BCUT2D eigenvalue weighted by atomic mass is 16.2. The molecule has 3 aromatic rings. The first-order valence-corrected chi connectivity index (χ1v) is 10.7. The van der Waals surface area contributed by atoms with E-state index < -0.39 is 11.8 Å². The van der Waals surface area contributed by atoms with Crippen LogP contribution in [0, 0.1) is 6.92 Å². The van der Waals surface area contributed by atoms with Crippen molar-refractivity contribution >= 4 is 28.4 Å². The van der Waals surface area contributed by atoms with Crippen molar-refractivity contribution in [2.75, 3.05) is 11.9 Å². The summed E-state index contributed by atoms with van der Waals surface area (Å²) in [5, 5.41) is 5.67. The Balaban J connectivity index is 1.42. The van der Waals surface area contributed by atoms with Gasteiger partial charge in [0, 0.05) is 25.2 Å². The summed E-state index contributed by atoms with van der Waals surface area (Å²) < 4.78 is 1.74. The van der Waals surface area contributed by atoms with Gasteiger partial charge < -0.3 is 10.6 Å². The fraction of sp³-hybridized carbons (Fsp3) is 0.333. The largest absolute Gasteiger partial charge is 0.347 e. The summed E-state index contributed by atoms with van der Waals surface area (Å²) in [7, 11) is 0. The molecule has 2 amide bonds. The van der Waals surface area contributed by atoms with Crippen LogP contribution in [0.25, 0.3) is 10.9 Å². The molecular weight excluding hydrogens is 392 g/mol. The Bertz CT molecular complexity index is 1200. The van der Waals surface area contributed by atoms with Gasteiger partial charge in [-0.2, -0.15) is 0 Å². The van der Waals surface area contributed by atoms with E-state index >= 15 is 0 Å². The Labute approximate surface area is 180 Å². The number of hydrogen-bond acceptors (Lipinski definition) is 4. The van der Waals surface area contributed by atoms with E-state index in [-0.39, 0.29) is 5.56 Å². The fourth-order valence-corrected chi connectivity index (χ4v) is 3.95. The molecule has 2 aromatic carbocycles. The van der Waals surface area contributed by atoms with Crippen LogP contribution in [-0.4, -0.2) is 27.9 Å². The summed E-state index contributed by atoms with van der Waals surface area (Å²) in [6.45, 7) is 3.04. The summed E-state index contributed by atoms with van der Waals surface area (Å²) in [4.78, 5) is 42.0. The third-order valence-electron chi connectivity index (χ3n) is 5.56. The number of aromatic nitrogens is 2. The molecule has 160 valence electrons. The van der Waals surface area contributed by atoms with Gasteiger partial charge in [-0.15, -0.1) is 0 Å². The lowest BCUT2D eigenvalue weighted by Gasteiger charge is -2.11. The van der Waals surface area contributed by atoms with E-state index in [2.05, 4.69) is 21.7 Å². The fourth-order valence-electron chi connectivity index (χ4n) is 3.95. The van der Waals surface area contributed by atoms with Crippen LogP contribution < -0.4 is 16.2 Å². The van der Waals surface area contributed by atoms with Gasteiger partial charge in [0.15, 0.2) is 0 Å². The summed E-state index contributed by atoms with van der Waals surface area (Å²) in [6.07, 6.45) is 4.51. The predicted molar refractivity (Wildman–Crippen MR) is 120 cm³/mol. The molecule has 0 saturated heterocycles. The molecule has 0 atom stereocenters. The molecule has 0 fully saturated rings. The average molecular weight is 418 g/mol. The maximum Gasteiger partial charge on any atom is 0.313 e. The van der Waals surface area contributed by atoms with Crippen LogP contribution in [0.2, 0.25) is 0 Å². The van der Waals surface area contributed by atoms with Gasteiger partial charge in [0.05, 0.1) is 10.9 Å². The number of carbonyl (C=O) groups is 2. The summed E-state index contributed by atoms with van der Waals surface area (Å²) in [5.41, 5.74) is 3.17. The Kier molecular flexibility index (Phi) is 6.11. The van der Waals surface area contributed by atoms with Crippen LogP contribution in [-0.2, 0) is 29.0 Å². The van der Waals surface area contributed by atoms with Gasteiger partial charge in [0.1, 0.15) is 5.82 Å². The van der Waals surface area contributed by atoms with E-state index in [1.54, 1.807) is 22.8 Å². The highest BCUT2D eigenvalue weighted by Crippen LogP contribution is 2.18. The topological polar surface area (TPSA) is 93.1 Å². The molecule has 0 saturated carbocycles. The zero-order valence-corrected chi connectivity index (χ0v) is 17.6. The van der Waals surface area contributed by atoms with Crippen LogP contribution in [0.1, 0.15) is 36.2 Å². The smallest absolute Gasteiger partial charge is 0.313 e. The quantitative estimate of drug-likeness (QED) is 0.637. The van der Waals surface area contributed by atoms with Crippen molar-refractivity contribution in [3.8, 4) is 0 Å². The van der Waals surface area contributed by atoms with Crippen LogP contribution in [0.15, 0.2) is 47.3 Å². The number of fused-ring (bicyclic) bond motifs is 2. The van der Waals surface area contributed by atoms with Crippen LogP contribution in [0.4, 0.5) is 5.69 Å². The molecule has 4 rings (SSSR count). The zero-order valence-electron chi connectivity index (χ0n) is 17.6. The van der Waals surface area contributed by atoms with Gasteiger partial charge in [-0.25, -0.2) is 4.98 Å². The minimum Gasteiger partial charge on any atom is -0.347 e. The van der Waals surface area contributed by atoms with Gasteiger partial charge in [0.25, 0.3) is 5.56 Å². The Morgan fingerprint density at radius 2 is 1.94 bits per heavy atom. The second-order valence-electron chi connectivity index (χ2n) is 7.98. The number of rotatable bonds is 4. The molecule has 2 heterocycles. The second-order valence-corrected chi connectivity index (χ2v) is 7.98. The molecule has 7 heteroatoms. The first kappa shape index (κ1) is 20.8. The van der Waals surface area contributed by atoms with Gasteiger partial charge >= 0.3 is 11.8 Å². The molecule has 1 aromatic heterocycles. The number of aryl methyl sites for hydroxylation is 2. The monoisotopic (exact) mass is 418 g/mol. The van der Waals surface area contributed by atoms with Crippen molar-refractivity contribution in [3.05, 3.63) is 69.8 Å². The highest BCUT2D eigenvalue weighted by molar-refractivity contribution is 6.39. The minimum absolute atomic E-state index is 0.0967. The molecule has 0 radical (unpaired) electrons. The van der Waals surface area contributed by atoms with Gasteiger partial charge in [-0.3, -0.25) is 19.0 Å². The van der Waals surface area contributed by atoms with E-state index in [1.807, 2.05) is 25.1 Å². The van der Waals surface area contributed by atoms with Crippen molar-refractivity contribution < 1.29 is 9.59 Å². The Morgan fingerprint density at radius 3 is 2.77 bits per heavy atom. The summed E-state index contributed by atoms with van der Waals surface area (Å²) in [6, 6.07) is 13.0. The molecule has 2 N–H and O–H groups in total. The average Bonchev–Trinajstić information content (AvgIpc) is 3.00. The number of carbonyl (C=O) groups excluding carboxylic acids is 2. The molecule has 0 bridgehead atoms. The molecule has 0 aliphatic carbocycles. The maximum atomic E-state index is 12.9. The maximum absolute atomic E-state index is 12.9. The molecule has 7 nitrogen and oxygen atoms in total. The molecule has 1 aliphatic heterocycles. The van der Waals surface area contributed by atoms with Gasteiger partial charge in [0.2, 0.25) is 0 Å². The SMILES string of the molecule is Cc1cccc(CCNC(=O)C(=O)Nc2ccc3nc4n(c(=O)c3c2)CCCCC4)c1. The number of nitrogens with one attached hydrogen (secondary N) is 2. The van der Waals surface area contributed by atoms with Crippen LogP contribution >= 0.6 is 0 Å². The summed E-state index contributed by atoms with van der Waals surface area (Å²) >= 11 is 0. The van der Waals surface area contributed by atoms with Crippen molar-refractivity contribution in [3.63, 3.8) is 0 Å². The molecule has 1 aliphatic rings. The lowest BCUT2D eigenvalue weighted by atomic mass is 10.1. The molecule has 31 heavy (non-hydrogen) atoms. The van der Waals surface area contributed by atoms with Gasteiger partial charge in [-0.1, -0.05) is 36.2 Å². The second kappa shape index (κ2) is 9.12. The van der Waals surface area contributed by atoms with Gasteiger partial charge in [-0.05, 0) is 49.9 Å². The predicted octanol–water partition coefficient (Wildman–Crippen LogP) is 2.73. The number of benzene rings is 2. The van der Waals surface area contributed by atoms with E-state index in [0.717, 1.165) is 42.6 Å². The minimum atomic E-state index is -0.758. The Morgan fingerprint density at radius 1 is 1.06 bits per heavy atom. The summed E-state index contributed by atoms with van der Waals surface area (Å²) in [5.74, 6) is -0.643. The number of amides is 2. The first-order chi connectivity index (χ1) is 15.0. The van der Waals surface area contributed by atoms with Crippen LogP contribution in [0.3, 0.4) is 0 Å². The molecular formula is C24H26N4O3. The highest BCUT2D eigenvalue weighted by Gasteiger charge is 2.16. The standard InChI is InChI=1S/C24H26N4O3/c1-16-6-5-7-17(14-16)11-12-25-22(29)23(30)26-18-9-10-20-19(15-18)24(31)28-13-4-2-3-8-21(28)27-20/h5-7,9-10,14-15H,2-4,8,11-13H2,1H3,(H,25,29)(H,26,30). The van der Waals surface area contributed by atoms with E-state index in [4.69, 9.17) is 0 Å². The lowest BCUT2D eigenvalue weighted by Crippen LogP contribution is -2.36. The van der Waals surface area contributed by atoms with Crippen molar-refractivity contribution in [1.29, 1.82) is 0 Å². The molecule has 0 unspecified atom stereocenters.